The minimum atomic E-state index is -0.106. The molecule has 3 aromatic rings. The Bertz CT molecular complexity index is 1050. The molecule has 0 spiro atoms. The van der Waals surface area contributed by atoms with Crippen LogP contribution in [0.25, 0.3) is 10.9 Å². The van der Waals surface area contributed by atoms with E-state index in [0.29, 0.717) is 30.4 Å². The van der Waals surface area contributed by atoms with E-state index in [0.717, 1.165) is 33.7 Å². The summed E-state index contributed by atoms with van der Waals surface area (Å²) in [5, 5.41) is 4.76. The highest BCUT2D eigenvalue weighted by Gasteiger charge is 2.16. The summed E-state index contributed by atoms with van der Waals surface area (Å²) in [4.78, 5) is 17.2. The lowest BCUT2D eigenvalue weighted by atomic mass is 10.1. The van der Waals surface area contributed by atoms with Crippen LogP contribution in [0.1, 0.15) is 12.5 Å². The Balaban J connectivity index is 1.53. The summed E-state index contributed by atoms with van der Waals surface area (Å²) in [6, 6.07) is 13.3. The number of nitrogens with one attached hydrogen (secondary N) is 1. The molecule has 7 heteroatoms. The average molecular weight is 410 g/mol. The SMILES string of the molecule is CCc1cc2cc3c(cc2nc1SCC(=O)Nc1ccccc1OC)OCCO3. The number of anilines is 1. The smallest absolute Gasteiger partial charge is 0.234 e. The minimum absolute atomic E-state index is 0.106. The van der Waals surface area contributed by atoms with Crippen LogP contribution in [0.2, 0.25) is 0 Å². The van der Waals surface area contributed by atoms with Gasteiger partial charge in [-0.2, -0.15) is 0 Å². The second-order valence-electron chi connectivity index (χ2n) is 6.53. The summed E-state index contributed by atoms with van der Waals surface area (Å²) in [6.07, 6.45) is 0.827. The number of hydrogen-bond donors (Lipinski definition) is 1. The van der Waals surface area contributed by atoms with E-state index >= 15 is 0 Å². The van der Waals surface area contributed by atoms with Crippen LogP contribution in [0, 0.1) is 0 Å². The number of benzene rings is 2. The van der Waals surface area contributed by atoms with Crippen LogP contribution >= 0.6 is 11.8 Å². The molecular weight excluding hydrogens is 388 g/mol. The lowest BCUT2D eigenvalue weighted by Gasteiger charge is -2.19. The van der Waals surface area contributed by atoms with Crippen molar-refractivity contribution in [2.45, 2.75) is 18.4 Å². The topological polar surface area (TPSA) is 69.7 Å². The molecule has 0 fully saturated rings. The van der Waals surface area contributed by atoms with Gasteiger partial charge in [-0.15, -0.1) is 0 Å². The van der Waals surface area contributed by atoms with Crippen molar-refractivity contribution >= 4 is 34.3 Å². The fourth-order valence-electron chi connectivity index (χ4n) is 3.18. The normalized spacial score (nSPS) is 12.6. The summed E-state index contributed by atoms with van der Waals surface area (Å²) >= 11 is 1.43. The van der Waals surface area contributed by atoms with Crippen LogP contribution in [-0.2, 0) is 11.2 Å². The Morgan fingerprint density at radius 2 is 1.93 bits per heavy atom. The van der Waals surface area contributed by atoms with Crippen LogP contribution in [-0.4, -0.2) is 37.0 Å². The highest BCUT2D eigenvalue weighted by Crippen LogP contribution is 2.36. The second-order valence-corrected chi connectivity index (χ2v) is 7.50. The third-order valence-electron chi connectivity index (χ3n) is 4.62. The van der Waals surface area contributed by atoms with Gasteiger partial charge in [-0.25, -0.2) is 4.98 Å². The molecule has 4 rings (SSSR count). The van der Waals surface area contributed by atoms with Crippen LogP contribution < -0.4 is 19.5 Å². The van der Waals surface area contributed by atoms with E-state index in [2.05, 4.69) is 18.3 Å². The van der Waals surface area contributed by atoms with Crippen molar-refractivity contribution in [2.24, 2.45) is 0 Å². The molecule has 0 aliphatic carbocycles. The number of rotatable bonds is 6. The highest BCUT2D eigenvalue weighted by atomic mass is 32.2. The summed E-state index contributed by atoms with van der Waals surface area (Å²) in [7, 11) is 1.58. The van der Waals surface area contributed by atoms with Gasteiger partial charge in [0.2, 0.25) is 5.91 Å². The molecule has 1 aromatic heterocycles. The van der Waals surface area contributed by atoms with Crippen LogP contribution in [0.4, 0.5) is 5.69 Å². The maximum Gasteiger partial charge on any atom is 0.234 e. The van der Waals surface area contributed by atoms with Gasteiger partial charge in [0, 0.05) is 11.5 Å². The van der Waals surface area contributed by atoms with Crippen molar-refractivity contribution in [2.75, 3.05) is 31.4 Å². The number of ether oxygens (including phenoxy) is 3. The van der Waals surface area contributed by atoms with Crippen LogP contribution in [0.15, 0.2) is 47.5 Å². The lowest BCUT2D eigenvalue weighted by Crippen LogP contribution is -2.15. The molecule has 0 saturated carbocycles. The monoisotopic (exact) mass is 410 g/mol. The zero-order valence-corrected chi connectivity index (χ0v) is 17.2. The molecule has 0 bridgehead atoms. The van der Waals surface area contributed by atoms with Crippen molar-refractivity contribution in [1.29, 1.82) is 0 Å². The summed E-state index contributed by atoms with van der Waals surface area (Å²) in [5.41, 5.74) is 2.59. The van der Waals surface area contributed by atoms with Gasteiger partial charge in [0.05, 0.1) is 24.1 Å². The molecule has 0 saturated heterocycles. The minimum Gasteiger partial charge on any atom is -0.495 e. The maximum atomic E-state index is 12.5. The van der Waals surface area contributed by atoms with Gasteiger partial charge in [0.25, 0.3) is 0 Å². The fraction of sp³-hybridized carbons (Fsp3) is 0.273. The van der Waals surface area contributed by atoms with E-state index < -0.39 is 0 Å². The average Bonchev–Trinajstić information content (AvgIpc) is 2.76. The molecule has 1 N–H and O–H groups in total. The van der Waals surface area contributed by atoms with Gasteiger partial charge >= 0.3 is 0 Å². The van der Waals surface area contributed by atoms with E-state index in [-0.39, 0.29) is 11.7 Å². The molecule has 2 heterocycles. The van der Waals surface area contributed by atoms with Gasteiger partial charge in [0.15, 0.2) is 11.5 Å². The van der Waals surface area contributed by atoms with Gasteiger partial charge in [0.1, 0.15) is 24.0 Å². The standard InChI is InChI=1S/C22H22N2O4S/c1-3-14-10-15-11-19-20(28-9-8-27-19)12-17(15)24-22(14)29-13-21(25)23-16-6-4-5-7-18(16)26-2/h4-7,10-12H,3,8-9,13H2,1-2H3,(H,23,25). The van der Waals surface area contributed by atoms with Gasteiger partial charge < -0.3 is 19.5 Å². The number of aromatic nitrogens is 1. The Morgan fingerprint density at radius 1 is 1.17 bits per heavy atom. The van der Waals surface area contributed by atoms with Crippen molar-refractivity contribution < 1.29 is 19.0 Å². The summed E-state index contributed by atoms with van der Waals surface area (Å²) < 4.78 is 16.6. The summed E-state index contributed by atoms with van der Waals surface area (Å²) in [5.74, 6) is 2.25. The van der Waals surface area contributed by atoms with E-state index in [4.69, 9.17) is 19.2 Å². The number of methoxy groups -OCH3 is 1. The van der Waals surface area contributed by atoms with Gasteiger partial charge in [-0.05, 0) is 36.2 Å². The number of hydrogen-bond acceptors (Lipinski definition) is 6. The molecule has 1 aliphatic rings. The predicted octanol–water partition coefficient (Wildman–Crippen LogP) is 4.31. The molecule has 29 heavy (non-hydrogen) atoms. The first-order valence-corrected chi connectivity index (χ1v) is 10.5. The Hall–Kier alpha value is -2.93. The van der Waals surface area contributed by atoms with E-state index in [1.54, 1.807) is 7.11 Å². The molecule has 1 amide bonds. The molecule has 0 atom stereocenters. The van der Waals surface area contributed by atoms with Crippen LogP contribution in [0.5, 0.6) is 17.2 Å². The first kappa shape index (κ1) is 19.4. The molecule has 2 aromatic carbocycles. The summed E-state index contributed by atoms with van der Waals surface area (Å²) in [6.45, 7) is 3.18. The first-order chi connectivity index (χ1) is 14.2. The predicted molar refractivity (Wildman–Crippen MR) is 114 cm³/mol. The fourth-order valence-corrected chi connectivity index (χ4v) is 4.07. The number of thioether (sulfide) groups is 1. The Labute approximate surface area is 173 Å². The molecule has 6 nitrogen and oxygen atoms in total. The number of carbonyl (C=O) groups is 1. The number of aryl methyl sites for hydroxylation is 1. The van der Waals surface area contributed by atoms with Crippen molar-refractivity contribution in [3.05, 3.63) is 48.0 Å². The molecule has 0 unspecified atom stereocenters. The van der Waals surface area contributed by atoms with Gasteiger partial charge in [-0.1, -0.05) is 30.8 Å². The van der Waals surface area contributed by atoms with Crippen LogP contribution in [0.3, 0.4) is 0 Å². The Kier molecular flexibility index (Phi) is 5.76. The van der Waals surface area contributed by atoms with Crippen molar-refractivity contribution in [3.63, 3.8) is 0 Å². The third kappa shape index (κ3) is 4.24. The van der Waals surface area contributed by atoms with Crippen molar-refractivity contribution in [1.82, 2.24) is 4.98 Å². The molecule has 150 valence electrons. The number of para-hydroxylation sites is 2. The molecule has 1 aliphatic heterocycles. The number of pyridine rings is 1. The lowest BCUT2D eigenvalue weighted by molar-refractivity contribution is -0.113. The van der Waals surface area contributed by atoms with E-state index in [9.17, 15) is 4.79 Å². The highest BCUT2D eigenvalue weighted by molar-refractivity contribution is 8.00. The molecular formula is C22H22N2O4S. The number of carbonyl (C=O) groups excluding carboxylic acids is 1. The number of nitrogens with zero attached hydrogens (tertiary/aromatic N) is 1. The number of amides is 1. The largest absolute Gasteiger partial charge is 0.495 e. The van der Waals surface area contributed by atoms with Crippen molar-refractivity contribution in [3.8, 4) is 17.2 Å². The first-order valence-electron chi connectivity index (χ1n) is 9.47. The zero-order valence-electron chi connectivity index (χ0n) is 16.4. The van der Waals surface area contributed by atoms with E-state index in [1.165, 1.54) is 11.8 Å². The molecule has 0 radical (unpaired) electrons. The number of fused-ring (bicyclic) bond motifs is 2. The quantitative estimate of drug-likeness (QED) is 0.611. The maximum absolute atomic E-state index is 12.5. The van der Waals surface area contributed by atoms with Gasteiger partial charge in [-0.3, -0.25) is 4.79 Å². The second kappa shape index (κ2) is 8.61. The third-order valence-corrected chi connectivity index (χ3v) is 5.65. The zero-order chi connectivity index (χ0) is 20.2. The Morgan fingerprint density at radius 3 is 2.69 bits per heavy atom. The van der Waals surface area contributed by atoms with E-state index in [1.807, 2.05) is 36.4 Å².